The van der Waals surface area contributed by atoms with Gasteiger partial charge in [-0.05, 0) is 30.2 Å². The van der Waals surface area contributed by atoms with Crippen LogP contribution in [0.4, 0.5) is 5.69 Å². The lowest BCUT2D eigenvalue weighted by Gasteiger charge is -2.10. The minimum atomic E-state index is -0.257. The van der Waals surface area contributed by atoms with E-state index in [4.69, 9.17) is 32.7 Å². The van der Waals surface area contributed by atoms with Gasteiger partial charge in [0.1, 0.15) is 11.2 Å². The van der Waals surface area contributed by atoms with E-state index in [9.17, 15) is 4.79 Å². The van der Waals surface area contributed by atoms with Crippen molar-refractivity contribution < 1.29 is 9.52 Å². The highest BCUT2D eigenvalue weighted by atomic mass is 35.5. The van der Waals surface area contributed by atoms with E-state index < -0.39 is 0 Å². The van der Waals surface area contributed by atoms with E-state index in [1.165, 1.54) is 0 Å². The predicted molar refractivity (Wildman–Crippen MR) is 98.6 cm³/mol. The Morgan fingerprint density at radius 2 is 2.08 bits per heavy atom. The van der Waals surface area contributed by atoms with Gasteiger partial charge in [-0.25, -0.2) is 4.98 Å². The first-order valence-electron chi connectivity index (χ1n) is 7.86. The van der Waals surface area contributed by atoms with Crippen molar-refractivity contribution in [3.05, 3.63) is 55.7 Å². The Labute approximate surface area is 153 Å². The van der Waals surface area contributed by atoms with Crippen LogP contribution in [0.3, 0.4) is 0 Å². The molecule has 0 unspecified atom stereocenters. The van der Waals surface area contributed by atoms with Crippen molar-refractivity contribution in [2.45, 2.75) is 26.3 Å². The largest absolute Gasteiger partial charge is 0.437 e. The van der Waals surface area contributed by atoms with Gasteiger partial charge in [0, 0.05) is 18.7 Å². The van der Waals surface area contributed by atoms with Crippen LogP contribution in [0.2, 0.25) is 10.0 Å². The van der Waals surface area contributed by atoms with Gasteiger partial charge in [0.25, 0.3) is 5.56 Å². The molecule has 0 radical (unpaired) electrons. The molecule has 0 aliphatic heterocycles. The Morgan fingerprint density at radius 3 is 2.76 bits per heavy atom. The highest BCUT2D eigenvalue weighted by Gasteiger charge is 2.13. The lowest BCUT2D eigenvalue weighted by atomic mass is 10.1. The second-order valence-corrected chi connectivity index (χ2v) is 6.33. The molecule has 0 saturated heterocycles. The molecule has 132 valence electrons. The molecular formula is C17H17Cl2N3O3. The first-order chi connectivity index (χ1) is 12.0. The molecule has 0 amide bonds. The van der Waals surface area contributed by atoms with E-state index in [0.29, 0.717) is 39.1 Å². The molecular weight excluding hydrogens is 365 g/mol. The number of aliphatic hydroxyl groups is 1. The molecule has 6 nitrogen and oxygen atoms in total. The number of anilines is 1. The molecule has 0 atom stereocenters. The van der Waals surface area contributed by atoms with Crippen molar-refractivity contribution in [2.24, 2.45) is 0 Å². The van der Waals surface area contributed by atoms with Gasteiger partial charge in [-0.1, -0.05) is 30.1 Å². The minimum Gasteiger partial charge on any atom is -0.437 e. The third-order valence-electron chi connectivity index (χ3n) is 3.88. The Kier molecular flexibility index (Phi) is 5.32. The molecule has 25 heavy (non-hydrogen) atoms. The highest BCUT2D eigenvalue weighted by Crippen LogP contribution is 2.30. The van der Waals surface area contributed by atoms with Gasteiger partial charge in [0.05, 0.1) is 16.6 Å². The number of nitrogens with zero attached hydrogens (tertiary/aromatic N) is 1. The van der Waals surface area contributed by atoms with Crippen LogP contribution in [-0.4, -0.2) is 21.7 Å². The summed E-state index contributed by atoms with van der Waals surface area (Å²) in [5.41, 5.74) is 2.80. The van der Waals surface area contributed by atoms with E-state index in [1.54, 1.807) is 18.2 Å². The number of hydrogen-bond donors (Lipinski definition) is 3. The van der Waals surface area contributed by atoms with E-state index >= 15 is 0 Å². The fourth-order valence-electron chi connectivity index (χ4n) is 2.63. The number of aryl methyl sites for hydroxylation is 1. The van der Waals surface area contributed by atoms with E-state index in [-0.39, 0.29) is 18.7 Å². The third-order valence-corrected chi connectivity index (χ3v) is 4.48. The average molecular weight is 382 g/mol. The summed E-state index contributed by atoms with van der Waals surface area (Å²) in [4.78, 5) is 19.3. The first-order valence-corrected chi connectivity index (χ1v) is 8.62. The molecule has 2 heterocycles. The number of hydrogen-bond acceptors (Lipinski definition) is 5. The number of oxazole rings is 1. The summed E-state index contributed by atoms with van der Waals surface area (Å²) in [6.07, 6.45) is 1.16. The van der Waals surface area contributed by atoms with E-state index in [2.05, 4.69) is 15.3 Å². The molecule has 3 rings (SSSR count). The van der Waals surface area contributed by atoms with Crippen LogP contribution in [-0.2, 0) is 19.4 Å². The number of halogens is 2. The van der Waals surface area contributed by atoms with Crippen molar-refractivity contribution >= 4 is 40.0 Å². The Bertz CT molecular complexity index is 927. The summed E-state index contributed by atoms with van der Waals surface area (Å²) in [7, 11) is 0. The van der Waals surface area contributed by atoms with Crippen molar-refractivity contribution in [1.82, 2.24) is 9.97 Å². The Balaban J connectivity index is 1.85. The monoisotopic (exact) mass is 381 g/mol. The van der Waals surface area contributed by atoms with Crippen molar-refractivity contribution in [1.29, 1.82) is 0 Å². The van der Waals surface area contributed by atoms with Crippen LogP contribution in [0.5, 0.6) is 0 Å². The molecule has 0 bridgehead atoms. The zero-order chi connectivity index (χ0) is 18.0. The van der Waals surface area contributed by atoms with Crippen molar-refractivity contribution in [2.75, 3.05) is 11.9 Å². The lowest BCUT2D eigenvalue weighted by molar-refractivity contribution is 0.297. The van der Waals surface area contributed by atoms with Gasteiger partial charge < -0.3 is 19.8 Å². The SMILES string of the molecule is CCc1cc(NCc2nc3c(Cl)ccc(Cl)c3o2)c(=O)[nH]c1CCO. The summed E-state index contributed by atoms with van der Waals surface area (Å²) < 4.78 is 5.62. The predicted octanol–water partition coefficient (Wildman–Crippen LogP) is 3.53. The topological polar surface area (TPSA) is 91.2 Å². The Morgan fingerprint density at radius 1 is 1.32 bits per heavy atom. The van der Waals surface area contributed by atoms with Gasteiger partial charge in [0.15, 0.2) is 5.58 Å². The minimum absolute atomic E-state index is 0.0138. The van der Waals surface area contributed by atoms with Crippen molar-refractivity contribution in [3.8, 4) is 0 Å². The van der Waals surface area contributed by atoms with Gasteiger partial charge >= 0.3 is 0 Å². The Hall–Kier alpha value is -2.02. The van der Waals surface area contributed by atoms with Gasteiger partial charge in [-0.3, -0.25) is 4.79 Å². The fraction of sp³-hybridized carbons (Fsp3) is 0.294. The molecule has 0 aliphatic carbocycles. The molecule has 3 aromatic rings. The quantitative estimate of drug-likeness (QED) is 0.607. The van der Waals surface area contributed by atoms with E-state index in [0.717, 1.165) is 17.7 Å². The second-order valence-electron chi connectivity index (χ2n) is 5.51. The molecule has 2 aromatic heterocycles. The summed E-state index contributed by atoms with van der Waals surface area (Å²) in [6, 6.07) is 5.09. The number of rotatable bonds is 6. The molecule has 0 saturated carbocycles. The second kappa shape index (κ2) is 7.47. The molecule has 0 fully saturated rings. The van der Waals surface area contributed by atoms with Crippen LogP contribution in [0.25, 0.3) is 11.1 Å². The number of nitrogens with one attached hydrogen (secondary N) is 2. The molecule has 0 spiro atoms. The number of fused-ring (bicyclic) bond motifs is 1. The summed E-state index contributed by atoms with van der Waals surface area (Å²) in [6.45, 7) is 2.19. The molecule has 0 aliphatic rings. The normalized spacial score (nSPS) is 11.2. The molecule has 1 aromatic carbocycles. The standard InChI is InChI=1S/C17H17Cl2N3O3/c1-2-9-7-13(17(24)21-12(9)5-6-23)20-8-14-22-15-10(18)3-4-11(19)16(15)25-14/h3-4,7,20,23H,2,5-6,8H2,1H3,(H,21,24). The number of H-pyrrole nitrogens is 1. The maximum Gasteiger partial charge on any atom is 0.271 e. The van der Waals surface area contributed by atoms with Gasteiger partial charge in [0.2, 0.25) is 5.89 Å². The summed E-state index contributed by atoms with van der Waals surface area (Å²) in [5.74, 6) is 0.377. The zero-order valence-corrected chi connectivity index (χ0v) is 15.0. The van der Waals surface area contributed by atoms with Crippen LogP contribution >= 0.6 is 23.2 Å². The first kappa shape index (κ1) is 17.8. The van der Waals surface area contributed by atoms with Crippen LogP contribution < -0.4 is 10.9 Å². The fourth-order valence-corrected chi connectivity index (χ4v) is 3.01. The van der Waals surface area contributed by atoms with Crippen LogP contribution in [0, 0.1) is 0 Å². The number of aromatic amines is 1. The van der Waals surface area contributed by atoms with Crippen LogP contribution in [0.1, 0.15) is 24.1 Å². The average Bonchev–Trinajstić information content (AvgIpc) is 3.03. The van der Waals surface area contributed by atoms with Gasteiger partial charge in [-0.2, -0.15) is 0 Å². The van der Waals surface area contributed by atoms with Crippen LogP contribution in [0.15, 0.2) is 27.4 Å². The third kappa shape index (κ3) is 3.66. The molecule has 3 N–H and O–H groups in total. The lowest BCUT2D eigenvalue weighted by Crippen LogP contribution is -2.18. The zero-order valence-electron chi connectivity index (χ0n) is 13.5. The summed E-state index contributed by atoms with van der Waals surface area (Å²) in [5, 5.41) is 13.0. The van der Waals surface area contributed by atoms with Gasteiger partial charge in [-0.15, -0.1) is 0 Å². The smallest absolute Gasteiger partial charge is 0.271 e. The number of benzene rings is 1. The number of aromatic nitrogens is 2. The maximum atomic E-state index is 12.2. The maximum absolute atomic E-state index is 12.2. The van der Waals surface area contributed by atoms with Crippen molar-refractivity contribution in [3.63, 3.8) is 0 Å². The highest BCUT2D eigenvalue weighted by molar-refractivity contribution is 6.39. The number of aliphatic hydroxyl groups excluding tert-OH is 1. The summed E-state index contributed by atoms with van der Waals surface area (Å²) >= 11 is 12.2. The molecule has 8 heteroatoms. The number of pyridine rings is 1. The van der Waals surface area contributed by atoms with E-state index in [1.807, 2.05) is 6.92 Å².